The van der Waals surface area contributed by atoms with Crippen LogP contribution in [0.1, 0.15) is 24.1 Å². The molecule has 4 rings (SSSR count). The molecular formula is C23H25ClN2O. The second-order valence-corrected chi connectivity index (χ2v) is 7.13. The first kappa shape index (κ1) is 19.4. The fourth-order valence-corrected chi connectivity index (χ4v) is 3.64. The predicted molar refractivity (Wildman–Crippen MR) is 113 cm³/mol. The summed E-state index contributed by atoms with van der Waals surface area (Å²) in [5.74, 6) is 0.565. The number of rotatable bonds is 5. The molecule has 3 aromatic rings. The van der Waals surface area contributed by atoms with E-state index in [1.165, 1.54) is 10.8 Å². The molecule has 1 amide bonds. The van der Waals surface area contributed by atoms with Crippen LogP contribution in [0.3, 0.4) is 0 Å². The fraction of sp³-hybridized carbons (Fsp3) is 0.261. The second kappa shape index (κ2) is 8.55. The van der Waals surface area contributed by atoms with E-state index in [9.17, 15) is 4.79 Å². The van der Waals surface area contributed by atoms with E-state index in [0.29, 0.717) is 5.92 Å². The molecule has 2 N–H and O–H groups in total. The molecule has 2 unspecified atom stereocenters. The first-order valence-electron chi connectivity index (χ1n) is 9.28. The van der Waals surface area contributed by atoms with Crippen LogP contribution in [-0.2, 0) is 4.79 Å². The number of carbonyl (C=O) groups excluding carboxylic acids is 1. The molecule has 1 heterocycles. The maximum Gasteiger partial charge on any atom is 0.223 e. The van der Waals surface area contributed by atoms with Gasteiger partial charge in [-0.25, -0.2) is 0 Å². The first-order chi connectivity index (χ1) is 12.7. The largest absolute Gasteiger partial charge is 0.345 e. The van der Waals surface area contributed by atoms with Crippen molar-refractivity contribution in [3.63, 3.8) is 0 Å². The number of nitrogens with one attached hydrogen (secondary N) is 2. The zero-order valence-corrected chi connectivity index (χ0v) is 16.2. The van der Waals surface area contributed by atoms with Gasteiger partial charge < -0.3 is 10.6 Å². The van der Waals surface area contributed by atoms with Crippen molar-refractivity contribution >= 4 is 29.1 Å². The summed E-state index contributed by atoms with van der Waals surface area (Å²) in [7, 11) is 0. The van der Waals surface area contributed by atoms with Crippen LogP contribution in [0.4, 0.5) is 0 Å². The van der Waals surface area contributed by atoms with E-state index in [1.54, 1.807) is 0 Å². The van der Waals surface area contributed by atoms with Crippen molar-refractivity contribution in [3.8, 4) is 0 Å². The maximum absolute atomic E-state index is 12.9. The summed E-state index contributed by atoms with van der Waals surface area (Å²) in [5, 5.41) is 8.96. The molecule has 4 heteroatoms. The molecule has 1 saturated heterocycles. The van der Waals surface area contributed by atoms with Crippen LogP contribution in [0, 0.1) is 11.8 Å². The first-order valence-corrected chi connectivity index (χ1v) is 9.28. The molecule has 0 aromatic heterocycles. The van der Waals surface area contributed by atoms with E-state index in [1.807, 2.05) is 31.2 Å². The minimum atomic E-state index is -0.148. The molecule has 0 radical (unpaired) electrons. The monoisotopic (exact) mass is 380 g/mol. The number of amides is 1. The summed E-state index contributed by atoms with van der Waals surface area (Å²) in [6.07, 6.45) is 0. The zero-order valence-electron chi connectivity index (χ0n) is 15.4. The Bertz CT molecular complexity index is 903. The van der Waals surface area contributed by atoms with E-state index < -0.39 is 0 Å². The van der Waals surface area contributed by atoms with Gasteiger partial charge in [0.1, 0.15) is 0 Å². The van der Waals surface area contributed by atoms with Gasteiger partial charge in [0.2, 0.25) is 5.91 Å². The molecule has 1 aliphatic rings. The molecule has 0 spiro atoms. The number of benzene rings is 3. The lowest BCUT2D eigenvalue weighted by atomic mass is 9.87. The Hall–Kier alpha value is -2.36. The normalized spacial score (nSPS) is 16.0. The van der Waals surface area contributed by atoms with Crippen molar-refractivity contribution in [2.45, 2.75) is 13.0 Å². The summed E-state index contributed by atoms with van der Waals surface area (Å²) >= 11 is 0. The molecule has 1 aliphatic heterocycles. The van der Waals surface area contributed by atoms with Gasteiger partial charge in [-0.15, -0.1) is 12.4 Å². The summed E-state index contributed by atoms with van der Waals surface area (Å²) in [6, 6.07) is 24.7. The average Bonchev–Trinajstić information content (AvgIpc) is 2.65. The smallest absolute Gasteiger partial charge is 0.223 e. The molecule has 27 heavy (non-hydrogen) atoms. The van der Waals surface area contributed by atoms with Gasteiger partial charge in [0, 0.05) is 5.92 Å². The van der Waals surface area contributed by atoms with Gasteiger partial charge in [-0.05, 0) is 40.9 Å². The third kappa shape index (κ3) is 4.00. The minimum absolute atomic E-state index is 0. The number of hydrogen-bond donors (Lipinski definition) is 2. The van der Waals surface area contributed by atoms with Gasteiger partial charge in [0.25, 0.3) is 0 Å². The quantitative estimate of drug-likeness (QED) is 0.692. The summed E-state index contributed by atoms with van der Waals surface area (Å²) in [6.45, 7) is 3.89. The van der Waals surface area contributed by atoms with Crippen molar-refractivity contribution in [3.05, 3.63) is 83.9 Å². The van der Waals surface area contributed by atoms with Crippen LogP contribution >= 0.6 is 12.4 Å². The van der Waals surface area contributed by atoms with Crippen molar-refractivity contribution in [2.75, 3.05) is 13.1 Å². The molecule has 3 aromatic carbocycles. The highest BCUT2D eigenvalue weighted by atomic mass is 35.5. The molecule has 1 fully saturated rings. The van der Waals surface area contributed by atoms with Crippen LogP contribution in [-0.4, -0.2) is 19.0 Å². The minimum Gasteiger partial charge on any atom is -0.345 e. The molecule has 0 bridgehead atoms. The summed E-state index contributed by atoms with van der Waals surface area (Å²) < 4.78 is 0. The van der Waals surface area contributed by atoms with Crippen LogP contribution in [0.5, 0.6) is 0 Å². The summed E-state index contributed by atoms with van der Waals surface area (Å²) in [5.41, 5.74) is 2.25. The lowest BCUT2D eigenvalue weighted by molar-refractivity contribution is -0.127. The summed E-state index contributed by atoms with van der Waals surface area (Å²) in [4.78, 5) is 12.9. The molecule has 3 nitrogen and oxygen atoms in total. The standard InChI is InChI=1S/C23H24N2O.ClH/c1-16(19-14-24-15-19)23(26)25-22(18-9-3-2-4-10-18)21-13-7-11-17-8-5-6-12-20(17)21;/h2-13,16,19,22,24H,14-15H2,1H3,(H,25,26);1H. The second-order valence-electron chi connectivity index (χ2n) is 7.13. The maximum atomic E-state index is 12.9. The number of carbonyl (C=O) groups is 1. The number of fused-ring (bicyclic) bond motifs is 1. The lowest BCUT2D eigenvalue weighted by Gasteiger charge is -2.33. The molecule has 140 valence electrons. The highest BCUT2D eigenvalue weighted by Crippen LogP contribution is 2.30. The van der Waals surface area contributed by atoms with Crippen molar-refractivity contribution < 1.29 is 4.79 Å². The number of hydrogen-bond acceptors (Lipinski definition) is 2. The Kier molecular flexibility index (Phi) is 6.15. The molecule has 0 saturated carbocycles. The van der Waals surface area contributed by atoms with Crippen LogP contribution in [0.15, 0.2) is 72.8 Å². The van der Waals surface area contributed by atoms with Crippen LogP contribution in [0.25, 0.3) is 10.8 Å². The molecule has 0 aliphatic carbocycles. The zero-order chi connectivity index (χ0) is 17.9. The molecule has 2 atom stereocenters. The average molecular weight is 381 g/mol. The SMILES string of the molecule is CC(C(=O)NC(c1ccccc1)c1cccc2ccccc12)C1CNC1.Cl. The lowest BCUT2D eigenvalue weighted by Crippen LogP contribution is -2.50. The van der Waals surface area contributed by atoms with Gasteiger partial charge in [-0.1, -0.05) is 79.7 Å². The van der Waals surface area contributed by atoms with Gasteiger partial charge in [-0.2, -0.15) is 0 Å². The van der Waals surface area contributed by atoms with Gasteiger partial charge in [0.15, 0.2) is 0 Å². The Morgan fingerprint density at radius 2 is 1.63 bits per heavy atom. The van der Waals surface area contributed by atoms with Crippen molar-refractivity contribution in [1.29, 1.82) is 0 Å². The highest BCUT2D eigenvalue weighted by molar-refractivity contribution is 5.88. The Labute approximate surface area is 166 Å². The topological polar surface area (TPSA) is 41.1 Å². The van der Waals surface area contributed by atoms with Gasteiger partial charge in [0.05, 0.1) is 6.04 Å². The van der Waals surface area contributed by atoms with E-state index in [4.69, 9.17) is 0 Å². The van der Waals surface area contributed by atoms with Crippen LogP contribution < -0.4 is 10.6 Å². The van der Waals surface area contributed by atoms with Crippen LogP contribution in [0.2, 0.25) is 0 Å². The van der Waals surface area contributed by atoms with Crippen molar-refractivity contribution in [2.24, 2.45) is 11.8 Å². The Balaban J connectivity index is 0.00000210. The van der Waals surface area contributed by atoms with Gasteiger partial charge >= 0.3 is 0 Å². The number of halogens is 1. The highest BCUT2D eigenvalue weighted by Gasteiger charge is 2.30. The third-order valence-corrected chi connectivity index (χ3v) is 5.49. The third-order valence-electron chi connectivity index (χ3n) is 5.49. The van der Waals surface area contributed by atoms with E-state index >= 15 is 0 Å². The fourth-order valence-electron chi connectivity index (χ4n) is 3.64. The Morgan fingerprint density at radius 1 is 0.963 bits per heavy atom. The van der Waals surface area contributed by atoms with E-state index in [-0.39, 0.29) is 30.3 Å². The van der Waals surface area contributed by atoms with Crippen molar-refractivity contribution in [1.82, 2.24) is 10.6 Å². The van der Waals surface area contributed by atoms with Gasteiger partial charge in [-0.3, -0.25) is 4.79 Å². The Morgan fingerprint density at radius 3 is 2.33 bits per heavy atom. The van der Waals surface area contributed by atoms with E-state index in [0.717, 1.165) is 24.2 Å². The molecular weight excluding hydrogens is 356 g/mol. The predicted octanol–water partition coefficient (Wildman–Crippen LogP) is 4.32. The van der Waals surface area contributed by atoms with E-state index in [2.05, 4.69) is 59.2 Å².